The number of aliphatic hydroxyl groups excluding tert-OH is 1. The van der Waals surface area contributed by atoms with Crippen molar-refractivity contribution in [1.29, 1.82) is 0 Å². The molecule has 1 aliphatic rings. The van der Waals surface area contributed by atoms with Gasteiger partial charge in [0.15, 0.2) is 0 Å². The van der Waals surface area contributed by atoms with Gasteiger partial charge in [-0.2, -0.15) is 0 Å². The van der Waals surface area contributed by atoms with Gasteiger partial charge in [0.1, 0.15) is 0 Å². The summed E-state index contributed by atoms with van der Waals surface area (Å²) in [5, 5.41) is 9.13. The van der Waals surface area contributed by atoms with Gasteiger partial charge in [-0.3, -0.25) is 9.78 Å². The molecule has 17 heavy (non-hydrogen) atoms. The fraction of sp³-hybridized carbons (Fsp3) is 0.538. The first-order valence-corrected chi connectivity index (χ1v) is 6.07. The molecule has 0 aromatic carbocycles. The number of aliphatic hydroxyl groups is 1. The Hall–Kier alpha value is -1.42. The zero-order valence-electron chi connectivity index (χ0n) is 9.88. The molecule has 1 aliphatic heterocycles. The molecule has 1 amide bonds. The number of carbonyl (C=O) groups excluding carboxylic acids is 1. The number of piperidine rings is 1. The number of rotatable bonds is 3. The molecule has 1 unspecified atom stereocenters. The number of aromatic nitrogens is 1. The van der Waals surface area contributed by atoms with Gasteiger partial charge >= 0.3 is 0 Å². The molecule has 4 heteroatoms. The van der Waals surface area contributed by atoms with E-state index in [1.807, 2.05) is 17.0 Å². The first-order chi connectivity index (χ1) is 8.29. The van der Waals surface area contributed by atoms with Crippen LogP contribution in [0.1, 0.15) is 18.4 Å². The maximum Gasteiger partial charge on any atom is 0.227 e. The van der Waals surface area contributed by atoms with Crippen LogP contribution in [-0.4, -0.2) is 40.6 Å². The third-order valence-electron chi connectivity index (χ3n) is 3.23. The van der Waals surface area contributed by atoms with Crippen LogP contribution in [0.15, 0.2) is 24.5 Å². The molecule has 92 valence electrons. The van der Waals surface area contributed by atoms with Crippen LogP contribution in [0.25, 0.3) is 0 Å². The van der Waals surface area contributed by atoms with E-state index in [1.54, 1.807) is 12.4 Å². The molecule has 1 fully saturated rings. The Morgan fingerprint density at radius 3 is 2.94 bits per heavy atom. The van der Waals surface area contributed by atoms with Crippen molar-refractivity contribution in [2.45, 2.75) is 19.3 Å². The van der Waals surface area contributed by atoms with Crippen molar-refractivity contribution in [3.8, 4) is 0 Å². The summed E-state index contributed by atoms with van der Waals surface area (Å²) in [6, 6.07) is 3.73. The van der Waals surface area contributed by atoms with E-state index in [-0.39, 0.29) is 18.4 Å². The SMILES string of the molecule is O=C(Cc1ccncc1)N1CCCC(CO)C1. The number of carbonyl (C=O) groups is 1. The Labute approximate surface area is 101 Å². The highest BCUT2D eigenvalue weighted by molar-refractivity contribution is 5.78. The van der Waals surface area contributed by atoms with Crippen LogP contribution in [0, 0.1) is 5.92 Å². The predicted molar refractivity (Wildman–Crippen MR) is 64.3 cm³/mol. The van der Waals surface area contributed by atoms with Crippen LogP contribution in [0.5, 0.6) is 0 Å². The van der Waals surface area contributed by atoms with Crippen LogP contribution >= 0.6 is 0 Å². The molecule has 1 aromatic rings. The average molecular weight is 234 g/mol. The fourth-order valence-electron chi connectivity index (χ4n) is 2.23. The van der Waals surface area contributed by atoms with Gasteiger partial charge in [-0.1, -0.05) is 0 Å². The minimum atomic E-state index is 0.148. The molecule has 1 saturated heterocycles. The largest absolute Gasteiger partial charge is 0.396 e. The molecule has 0 aliphatic carbocycles. The van der Waals surface area contributed by atoms with Gasteiger partial charge in [-0.25, -0.2) is 0 Å². The topological polar surface area (TPSA) is 53.4 Å². The van der Waals surface area contributed by atoms with Crippen LogP contribution in [0.3, 0.4) is 0 Å². The first kappa shape index (κ1) is 12.0. The van der Waals surface area contributed by atoms with Crippen molar-refractivity contribution in [1.82, 2.24) is 9.88 Å². The van der Waals surface area contributed by atoms with Crippen LogP contribution in [0.4, 0.5) is 0 Å². The molecule has 0 spiro atoms. The summed E-state index contributed by atoms with van der Waals surface area (Å²) in [7, 11) is 0. The lowest BCUT2D eigenvalue weighted by Crippen LogP contribution is -2.41. The fourth-order valence-corrected chi connectivity index (χ4v) is 2.23. The lowest BCUT2D eigenvalue weighted by atomic mass is 9.98. The molecular weight excluding hydrogens is 216 g/mol. The van der Waals surface area contributed by atoms with Crippen molar-refractivity contribution >= 4 is 5.91 Å². The molecule has 2 heterocycles. The molecule has 1 N–H and O–H groups in total. The Morgan fingerprint density at radius 1 is 1.47 bits per heavy atom. The minimum absolute atomic E-state index is 0.148. The standard InChI is InChI=1S/C13H18N2O2/c16-10-12-2-1-7-15(9-12)13(17)8-11-3-5-14-6-4-11/h3-6,12,16H,1-2,7-10H2. The molecule has 1 aromatic heterocycles. The number of nitrogens with zero attached hydrogens (tertiary/aromatic N) is 2. The third kappa shape index (κ3) is 3.27. The van der Waals surface area contributed by atoms with Crippen LogP contribution in [-0.2, 0) is 11.2 Å². The number of hydrogen-bond acceptors (Lipinski definition) is 3. The molecule has 4 nitrogen and oxygen atoms in total. The zero-order chi connectivity index (χ0) is 12.1. The number of likely N-dealkylation sites (tertiary alicyclic amines) is 1. The number of amides is 1. The number of pyridine rings is 1. The summed E-state index contributed by atoms with van der Waals surface area (Å²) < 4.78 is 0. The monoisotopic (exact) mass is 234 g/mol. The van der Waals surface area contributed by atoms with Crippen molar-refractivity contribution in [2.75, 3.05) is 19.7 Å². The smallest absolute Gasteiger partial charge is 0.227 e. The third-order valence-corrected chi connectivity index (χ3v) is 3.23. The second-order valence-corrected chi connectivity index (χ2v) is 4.56. The highest BCUT2D eigenvalue weighted by Gasteiger charge is 2.22. The molecule has 0 saturated carbocycles. The lowest BCUT2D eigenvalue weighted by molar-refractivity contribution is -0.132. The van der Waals surface area contributed by atoms with Gasteiger partial charge in [0.05, 0.1) is 6.42 Å². The van der Waals surface area contributed by atoms with Crippen molar-refractivity contribution < 1.29 is 9.90 Å². The van der Waals surface area contributed by atoms with Gasteiger partial charge < -0.3 is 10.0 Å². The van der Waals surface area contributed by atoms with E-state index in [9.17, 15) is 4.79 Å². The zero-order valence-corrected chi connectivity index (χ0v) is 9.88. The van der Waals surface area contributed by atoms with Crippen LogP contribution in [0.2, 0.25) is 0 Å². The predicted octanol–water partition coefficient (Wildman–Crippen LogP) is 0.855. The highest BCUT2D eigenvalue weighted by atomic mass is 16.3. The Kier molecular flexibility index (Phi) is 4.09. The maximum atomic E-state index is 12.1. The van der Waals surface area contributed by atoms with Gasteiger partial charge in [-0.05, 0) is 36.5 Å². The lowest BCUT2D eigenvalue weighted by Gasteiger charge is -2.31. The summed E-state index contributed by atoms with van der Waals surface area (Å²) in [6.45, 7) is 1.69. The van der Waals surface area contributed by atoms with E-state index in [0.717, 1.165) is 24.9 Å². The second kappa shape index (κ2) is 5.77. The Morgan fingerprint density at radius 2 is 2.24 bits per heavy atom. The average Bonchev–Trinajstić information content (AvgIpc) is 2.40. The van der Waals surface area contributed by atoms with Gasteiger partial charge in [0.25, 0.3) is 0 Å². The van der Waals surface area contributed by atoms with E-state index >= 15 is 0 Å². The first-order valence-electron chi connectivity index (χ1n) is 6.07. The summed E-state index contributed by atoms with van der Waals surface area (Å²) >= 11 is 0. The van der Waals surface area contributed by atoms with Gasteiger partial charge in [0.2, 0.25) is 5.91 Å². The molecule has 2 rings (SSSR count). The molecule has 0 bridgehead atoms. The van der Waals surface area contributed by atoms with E-state index in [2.05, 4.69) is 4.98 Å². The second-order valence-electron chi connectivity index (χ2n) is 4.56. The van der Waals surface area contributed by atoms with Gasteiger partial charge in [0, 0.05) is 32.1 Å². The number of hydrogen-bond donors (Lipinski definition) is 1. The highest BCUT2D eigenvalue weighted by Crippen LogP contribution is 2.16. The summed E-state index contributed by atoms with van der Waals surface area (Å²) in [5.74, 6) is 0.402. The summed E-state index contributed by atoms with van der Waals surface area (Å²) in [5.41, 5.74) is 0.996. The van der Waals surface area contributed by atoms with E-state index in [0.29, 0.717) is 13.0 Å². The summed E-state index contributed by atoms with van der Waals surface area (Å²) in [4.78, 5) is 17.9. The quantitative estimate of drug-likeness (QED) is 0.843. The maximum absolute atomic E-state index is 12.1. The normalized spacial score (nSPS) is 20.3. The molecular formula is C13H18N2O2. The van der Waals surface area contributed by atoms with Crippen molar-refractivity contribution in [3.63, 3.8) is 0 Å². The molecule has 0 radical (unpaired) electrons. The Bertz CT molecular complexity index is 367. The van der Waals surface area contributed by atoms with Gasteiger partial charge in [-0.15, -0.1) is 0 Å². The molecule has 1 atom stereocenters. The summed E-state index contributed by atoms with van der Waals surface area (Å²) in [6.07, 6.45) is 5.86. The Balaban J connectivity index is 1.91. The van der Waals surface area contributed by atoms with E-state index in [1.165, 1.54) is 0 Å². The van der Waals surface area contributed by atoms with Crippen molar-refractivity contribution in [2.24, 2.45) is 5.92 Å². The van der Waals surface area contributed by atoms with Crippen LogP contribution < -0.4 is 0 Å². The van der Waals surface area contributed by atoms with E-state index < -0.39 is 0 Å². The van der Waals surface area contributed by atoms with E-state index in [4.69, 9.17) is 5.11 Å². The minimum Gasteiger partial charge on any atom is -0.396 e. The van der Waals surface area contributed by atoms with Crippen molar-refractivity contribution in [3.05, 3.63) is 30.1 Å².